The van der Waals surface area contributed by atoms with Gasteiger partial charge in [-0.25, -0.2) is 4.98 Å². The van der Waals surface area contributed by atoms with E-state index in [0.29, 0.717) is 13.1 Å². The largest absolute Gasteiger partial charge is 0.339 e. The summed E-state index contributed by atoms with van der Waals surface area (Å²) in [4.78, 5) is 33.1. The molecule has 134 valence electrons. The zero-order valence-corrected chi connectivity index (χ0v) is 15.5. The van der Waals surface area contributed by atoms with Gasteiger partial charge in [0, 0.05) is 38.8 Å². The summed E-state index contributed by atoms with van der Waals surface area (Å²) in [7, 11) is 0. The second-order valence-electron chi connectivity index (χ2n) is 6.72. The second-order valence-corrected chi connectivity index (χ2v) is 7.50. The first-order valence-electron chi connectivity index (χ1n) is 8.60. The number of hydrogen-bond acceptors (Lipinski definition) is 5. The number of aromatic nitrogens is 2. The normalized spacial score (nSPS) is 15.7. The van der Waals surface area contributed by atoms with Crippen molar-refractivity contribution in [1.82, 2.24) is 19.4 Å². The fraction of sp³-hybridized carbons (Fsp3) is 0.500. The minimum atomic E-state index is -0.164. The van der Waals surface area contributed by atoms with E-state index in [4.69, 9.17) is 0 Å². The standard InChI is InChI=1S/C18H24N4O2S/c1-14(2)16-9-17(23)22(13-19-16)11-18(24)21-6-4-20(5-7-21)10-15-3-8-25-12-15/h3,8-9,12-14H,4-7,10-11H2,1-2H3. The molecule has 6 nitrogen and oxygen atoms in total. The average Bonchev–Trinajstić information content (AvgIpc) is 3.10. The lowest BCUT2D eigenvalue weighted by Crippen LogP contribution is -2.49. The molecule has 0 unspecified atom stereocenters. The van der Waals surface area contributed by atoms with Crippen LogP contribution in [0.3, 0.4) is 0 Å². The Kier molecular flexibility index (Phi) is 5.65. The number of piperazine rings is 1. The van der Waals surface area contributed by atoms with Crippen molar-refractivity contribution in [1.29, 1.82) is 0 Å². The Morgan fingerprint density at radius 2 is 2.04 bits per heavy atom. The molecular weight excluding hydrogens is 336 g/mol. The zero-order valence-electron chi connectivity index (χ0n) is 14.7. The lowest BCUT2D eigenvalue weighted by molar-refractivity contribution is -0.133. The monoisotopic (exact) mass is 360 g/mol. The molecule has 7 heteroatoms. The van der Waals surface area contributed by atoms with E-state index in [-0.39, 0.29) is 23.9 Å². The molecule has 1 aliphatic rings. The first kappa shape index (κ1) is 17.8. The molecule has 3 heterocycles. The van der Waals surface area contributed by atoms with E-state index in [2.05, 4.69) is 26.7 Å². The quantitative estimate of drug-likeness (QED) is 0.815. The summed E-state index contributed by atoms with van der Waals surface area (Å²) in [6.07, 6.45) is 1.49. The highest BCUT2D eigenvalue weighted by molar-refractivity contribution is 7.07. The van der Waals surface area contributed by atoms with Crippen LogP contribution in [0, 0.1) is 0 Å². The van der Waals surface area contributed by atoms with Gasteiger partial charge in [-0.2, -0.15) is 11.3 Å². The fourth-order valence-electron chi connectivity index (χ4n) is 2.92. The first-order chi connectivity index (χ1) is 12.0. The number of thiophene rings is 1. The van der Waals surface area contributed by atoms with Crippen LogP contribution < -0.4 is 5.56 Å². The second kappa shape index (κ2) is 7.93. The third-order valence-electron chi connectivity index (χ3n) is 4.51. The van der Waals surface area contributed by atoms with Crippen LogP contribution in [0.15, 0.2) is 34.0 Å². The number of hydrogen-bond donors (Lipinski definition) is 0. The van der Waals surface area contributed by atoms with E-state index in [0.717, 1.165) is 25.3 Å². The van der Waals surface area contributed by atoms with Gasteiger partial charge < -0.3 is 4.90 Å². The molecule has 1 aliphatic heterocycles. The fourth-order valence-corrected chi connectivity index (χ4v) is 3.58. The number of carbonyl (C=O) groups is 1. The van der Waals surface area contributed by atoms with Crippen LogP contribution in [0.1, 0.15) is 31.0 Å². The van der Waals surface area contributed by atoms with Crippen molar-refractivity contribution in [2.24, 2.45) is 0 Å². The summed E-state index contributed by atoms with van der Waals surface area (Å²) >= 11 is 1.71. The topological polar surface area (TPSA) is 58.4 Å². The molecule has 1 fully saturated rings. The van der Waals surface area contributed by atoms with Crippen LogP contribution in [0.4, 0.5) is 0 Å². The summed E-state index contributed by atoms with van der Waals surface area (Å²) in [6, 6.07) is 3.67. The Labute approximate surface area is 151 Å². The molecule has 3 rings (SSSR count). The molecule has 0 aromatic carbocycles. The summed E-state index contributed by atoms with van der Waals surface area (Å²) < 4.78 is 1.39. The Balaban J connectivity index is 1.53. The third-order valence-corrected chi connectivity index (χ3v) is 5.24. The number of amides is 1. The molecule has 1 saturated heterocycles. The van der Waals surface area contributed by atoms with Crippen LogP contribution in [0.2, 0.25) is 0 Å². The van der Waals surface area contributed by atoms with Gasteiger partial charge in [0.1, 0.15) is 6.54 Å². The van der Waals surface area contributed by atoms with Gasteiger partial charge in [0.2, 0.25) is 5.91 Å². The minimum absolute atomic E-state index is 0.0172. The number of rotatable bonds is 5. The van der Waals surface area contributed by atoms with Crippen LogP contribution >= 0.6 is 11.3 Å². The highest BCUT2D eigenvalue weighted by Crippen LogP contribution is 2.12. The molecule has 0 atom stereocenters. The summed E-state index contributed by atoms with van der Waals surface area (Å²) in [5.41, 5.74) is 1.92. The summed E-state index contributed by atoms with van der Waals surface area (Å²) in [6.45, 7) is 8.12. The number of carbonyl (C=O) groups excluding carboxylic acids is 1. The smallest absolute Gasteiger partial charge is 0.254 e. The molecule has 2 aromatic heterocycles. The van der Waals surface area contributed by atoms with Crippen LogP contribution in [0.25, 0.3) is 0 Å². The van der Waals surface area contributed by atoms with Gasteiger partial charge in [-0.3, -0.25) is 19.1 Å². The first-order valence-corrected chi connectivity index (χ1v) is 9.55. The molecule has 0 saturated carbocycles. The van der Waals surface area contributed by atoms with Crippen molar-refractivity contribution >= 4 is 17.2 Å². The Morgan fingerprint density at radius 3 is 2.64 bits per heavy atom. The maximum atomic E-state index is 12.5. The van der Waals surface area contributed by atoms with Crippen molar-refractivity contribution in [2.45, 2.75) is 32.9 Å². The molecule has 0 spiro atoms. The lowest BCUT2D eigenvalue weighted by Gasteiger charge is -2.34. The van der Waals surface area contributed by atoms with Crippen molar-refractivity contribution in [3.8, 4) is 0 Å². The molecule has 0 radical (unpaired) electrons. The third kappa shape index (κ3) is 4.55. The van der Waals surface area contributed by atoms with Gasteiger partial charge in [0.15, 0.2) is 0 Å². The maximum absolute atomic E-state index is 12.5. The van der Waals surface area contributed by atoms with Crippen molar-refractivity contribution in [3.05, 3.63) is 50.8 Å². The van der Waals surface area contributed by atoms with Gasteiger partial charge in [-0.1, -0.05) is 13.8 Å². The van der Waals surface area contributed by atoms with Gasteiger partial charge in [-0.05, 0) is 28.3 Å². The highest BCUT2D eigenvalue weighted by Gasteiger charge is 2.21. The highest BCUT2D eigenvalue weighted by atomic mass is 32.1. The molecule has 0 bridgehead atoms. The van der Waals surface area contributed by atoms with Gasteiger partial charge in [0.05, 0.1) is 12.0 Å². The number of nitrogens with zero attached hydrogens (tertiary/aromatic N) is 4. The van der Waals surface area contributed by atoms with E-state index >= 15 is 0 Å². The van der Waals surface area contributed by atoms with Gasteiger partial charge in [-0.15, -0.1) is 0 Å². The predicted octanol–water partition coefficient (Wildman–Crippen LogP) is 1.77. The van der Waals surface area contributed by atoms with Gasteiger partial charge in [0.25, 0.3) is 5.56 Å². The van der Waals surface area contributed by atoms with Crippen molar-refractivity contribution in [3.63, 3.8) is 0 Å². The average molecular weight is 360 g/mol. The van der Waals surface area contributed by atoms with Crippen LogP contribution in [-0.4, -0.2) is 51.4 Å². The van der Waals surface area contributed by atoms with E-state index in [1.807, 2.05) is 18.7 Å². The minimum Gasteiger partial charge on any atom is -0.339 e. The Bertz CT molecular complexity index is 762. The van der Waals surface area contributed by atoms with E-state index in [1.54, 1.807) is 11.3 Å². The summed E-state index contributed by atoms with van der Waals surface area (Å²) in [5, 5.41) is 4.25. The molecule has 1 amide bonds. The lowest BCUT2D eigenvalue weighted by atomic mass is 10.1. The zero-order chi connectivity index (χ0) is 17.8. The Hall–Kier alpha value is -1.99. The Morgan fingerprint density at radius 1 is 1.28 bits per heavy atom. The molecule has 25 heavy (non-hydrogen) atoms. The van der Waals surface area contributed by atoms with Crippen molar-refractivity contribution < 1.29 is 4.79 Å². The van der Waals surface area contributed by atoms with Gasteiger partial charge >= 0.3 is 0 Å². The molecular formula is C18H24N4O2S. The summed E-state index contributed by atoms with van der Waals surface area (Å²) in [5.74, 6) is 0.186. The molecule has 0 aliphatic carbocycles. The SMILES string of the molecule is CC(C)c1cc(=O)n(CC(=O)N2CCN(Cc3ccsc3)CC2)cn1. The van der Waals surface area contributed by atoms with Crippen LogP contribution in [-0.2, 0) is 17.9 Å². The molecule has 0 N–H and O–H groups in total. The van der Waals surface area contributed by atoms with E-state index < -0.39 is 0 Å². The van der Waals surface area contributed by atoms with E-state index in [1.165, 1.54) is 22.5 Å². The van der Waals surface area contributed by atoms with Crippen molar-refractivity contribution in [2.75, 3.05) is 26.2 Å². The molecule has 2 aromatic rings. The van der Waals surface area contributed by atoms with E-state index in [9.17, 15) is 9.59 Å². The maximum Gasteiger partial charge on any atom is 0.254 e. The van der Waals surface area contributed by atoms with Crippen LogP contribution in [0.5, 0.6) is 0 Å². The predicted molar refractivity (Wildman–Crippen MR) is 98.8 cm³/mol.